The van der Waals surface area contributed by atoms with E-state index in [9.17, 15) is 4.79 Å². The number of benzene rings is 1. The molecule has 106 valence electrons. The van der Waals surface area contributed by atoms with E-state index in [0.717, 1.165) is 6.54 Å². The van der Waals surface area contributed by atoms with Gasteiger partial charge in [-0.15, -0.1) is 0 Å². The fraction of sp³-hybridized carbons (Fsp3) is 0.533. The van der Waals surface area contributed by atoms with Gasteiger partial charge in [0.1, 0.15) is 0 Å². The van der Waals surface area contributed by atoms with Gasteiger partial charge in [0.05, 0.1) is 19.3 Å². The molecule has 0 aliphatic heterocycles. The third kappa shape index (κ3) is 6.94. The summed E-state index contributed by atoms with van der Waals surface area (Å²) in [5.74, 6) is -0.193. The second kappa shape index (κ2) is 8.67. The van der Waals surface area contributed by atoms with E-state index in [1.807, 2.05) is 49.1 Å². The van der Waals surface area contributed by atoms with Gasteiger partial charge in [0.25, 0.3) is 0 Å². The van der Waals surface area contributed by atoms with Gasteiger partial charge in [-0.05, 0) is 19.4 Å². The second-order valence-electron chi connectivity index (χ2n) is 4.73. The summed E-state index contributed by atoms with van der Waals surface area (Å²) in [4.78, 5) is 13.7. The van der Waals surface area contributed by atoms with Crippen LogP contribution < -0.4 is 0 Å². The van der Waals surface area contributed by atoms with Crippen molar-refractivity contribution in [3.05, 3.63) is 35.9 Å². The molecule has 0 heterocycles. The van der Waals surface area contributed by atoms with E-state index >= 15 is 0 Å². The van der Waals surface area contributed by atoms with Gasteiger partial charge in [0.2, 0.25) is 0 Å². The fourth-order valence-corrected chi connectivity index (χ4v) is 1.76. The van der Waals surface area contributed by atoms with Crippen molar-refractivity contribution < 1.29 is 14.3 Å². The van der Waals surface area contributed by atoms with Crippen LogP contribution in [0.25, 0.3) is 0 Å². The Morgan fingerprint density at radius 3 is 2.53 bits per heavy atom. The Bertz CT molecular complexity index is 365. The molecule has 0 aromatic heterocycles. The molecule has 0 saturated carbocycles. The van der Waals surface area contributed by atoms with Crippen molar-refractivity contribution in [2.24, 2.45) is 0 Å². The Labute approximate surface area is 115 Å². The van der Waals surface area contributed by atoms with E-state index in [2.05, 4.69) is 0 Å². The lowest BCUT2D eigenvalue weighted by Gasteiger charge is -2.21. The largest absolute Gasteiger partial charge is 0.462 e. The zero-order valence-corrected chi connectivity index (χ0v) is 12.0. The first-order chi connectivity index (χ1) is 9.11. The molecule has 0 bridgehead atoms. The van der Waals surface area contributed by atoms with E-state index in [0.29, 0.717) is 13.2 Å². The van der Waals surface area contributed by atoms with E-state index in [4.69, 9.17) is 9.47 Å². The lowest BCUT2D eigenvalue weighted by molar-refractivity contribution is -0.149. The summed E-state index contributed by atoms with van der Waals surface area (Å²) in [5, 5.41) is 0. The minimum absolute atomic E-state index is 0.0755. The Hall–Kier alpha value is -1.39. The normalized spacial score (nSPS) is 11.0. The van der Waals surface area contributed by atoms with E-state index in [1.54, 1.807) is 7.11 Å². The van der Waals surface area contributed by atoms with E-state index < -0.39 is 0 Å². The Morgan fingerprint density at radius 1 is 1.26 bits per heavy atom. The van der Waals surface area contributed by atoms with Crippen molar-refractivity contribution in [2.45, 2.75) is 26.5 Å². The molecular weight excluding hydrogens is 242 g/mol. The lowest BCUT2D eigenvalue weighted by Crippen LogP contribution is -2.34. The highest BCUT2D eigenvalue weighted by Gasteiger charge is 2.13. The number of carbonyl (C=O) groups is 1. The van der Waals surface area contributed by atoms with Crippen LogP contribution in [-0.2, 0) is 20.8 Å². The van der Waals surface area contributed by atoms with Crippen molar-refractivity contribution in [3.63, 3.8) is 0 Å². The third-order valence-electron chi connectivity index (χ3n) is 2.58. The highest BCUT2D eigenvalue weighted by Crippen LogP contribution is 2.05. The number of nitrogens with zero attached hydrogens (tertiary/aromatic N) is 1. The first-order valence-corrected chi connectivity index (χ1v) is 6.56. The van der Waals surface area contributed by atoms with Crippen LogP contribution in [0.3, 0.4) is 0 Å². The van der Waals surface area contributed by atoms with Crippen molar-refractivity contribution in [1.29, 1.82) is 0 Å². The summed E-state index contributed by atoms with van der Waals surface area (Å²) in [7, 11) is 1.66. The standard InChI is InChI=1S/C15H23NO3/c1-13(2)19-15(17)12-16(9-10-18-3)11-14-7-5-4-6-8-14/h4-8,13H,9-12H2,1-3H3. The first kappa shape index (κ1) is 15.7. The van der Waals surface area contributed by atoms with Gasteiger partial charge in [-0.3, -0.25) is 9.69 Å². The molecule has 0 unspecified atom stereocenters. The SMILES string of the molecule is COCCN(CC(=O)OC(C)C)Cc1ccccc1. The summed E-state index contributed by atoms with van der Waals surface area (Å²) in [6.07, 6.45) is -0.0755. The minimum atomic E-state index is -0.193. The molecule has 4 heteroatoms. The van der Waals surface area contributed by atoms with Crippen molar-refractivity contribution in [1.82, 2.24) is 4.90 Å². The lowest BCUT2D eigenvalue weighted by atomic mass is 10.2. The molecule has 0 spiro atoms. The first-order valence-electron chi connectivity index (χ1n) is 6.56. The van der Waals surface area contributed by atoms with Gasteiger partial charge < -0.3 is 9.47 Å². The maximum atomic E-state index is 11.7. The van der Waals surface area contributed by atoms with Crippen LogP contribution in [0.15, 0.2) is 30.3 Å². The molecule has 0 radical (unpaired) electrons. The predicted octanol–water partition coefficient (Wildman–Crippen LogP) is 2.09. The second-order valence-corrected chi connectivity index (χ2v) is 4.73. The van der Waals surface area contributed by atoms with Crippen molar-refractivity contribution in [3.8, 4) is 0 Å². The zero-order chi connectivity index (χ0) is 14.1. The summed E-state index contributed by atoms with van der Waals surface area (Å²) in [6, 6.07) is 10.1. The molecule has 1 aromatic rings. The van der Waals surface area contributed by atoms with Gasteiger partial charge >= 0.3 is 5.97 Å². The monoisotopic (exact) mass is 265 g/mol. The molecule has 0 aliphatic carbocycles. The molecule has 0 amide bonds. The summed E-state index contributed by atoms with van der Waals surface area (Å²) >= 11 is 0. The smallest absolute Gasteiger partial charge is 0.320 e. The van der Waals surface area contributed by atoms with Gasteiger partial charge in [-0.25, -0.2) is 0 Å². The van der Waals surface area contributed by atoms with Crippen LogP contribution in [-0.4, -0.2) is 43.8 Å². The number of ether oxygens (including phenoxy) is 2. The molecule has 1 aromatic carbocycles. The van der Waals surface area contributed by atoms with Gasteiger partial charge in [0, 0.05) is 20.2 Å². The summed E-state index contributed by atoms with van der Waals surface area (Å²) in [6.45, 7) is 6.03. The van der Waals surface area contributed by atoms with E-state index in [-0.39, 0.29) is 18.6 Å². The van der Waals surface area contributed by atoms with Crippen LogP contribution in [0.5, 0.6) is 0 Å². The Balaban J connectivity index is 2.53. The maximum absolute atomic E-state index is 11.7. The average molecular weight is 265 g/mol. The molecule has 19 heavy (non-hydrogen) atoms. The number of esters is 1. The summed E-state index contributed by atoms with van der Waals surface area (Å²) < 4.78 is 10.3. The number of carbonyl (C=O) groups excluding carboxylic acids is 1. The van der Waals surface area contributed by atoms with Crippen molar-refractivity contribution >= 4 is 5.97 Å². The predicted molar refractivity (Wildman–Crippen MR) is 74.8 cm³/mol. The number of methoxy groups -OCH3 is 1. The van der Waals surface area contributed by atoms with Crippen LogP contribution >= 0.6 is 0 Å². The third-order valence-corrected chi connectivity index (χ3v) is 2.58. The maximum Gasteiger partial charge on any atom is 0.320 e. The van der Waals surface area contributed by atoms with Crippen LogP contribution in [0, 0.1) is 0 Å². The molecule has 0 aliphatic rings. The van der Waals surface area contributed by atoms with E-state index in [1.165, 1.54) is 5.56 Å². The highest BCUT2D eigenvalue weighted by atomic mass is 16.5. The fourth-order valence-electron chi connectivity index (χ4n) is 1.76. The van der Waals surface area contributed by atoms with Crippen molar-refractivity contribution in [2.75, 3.05) is 26.8 Å². The molecule has 0 N–H and O–H groups in total. The zero-order valence-electron chi connectivity index (χ0n) is 12.0. The van der Waals surface area contributed by atoms with Crippen LogP contribution in [0.4, 0.5) is 0 Å². The van der Waals surface area contributed by atoms with Gasteiger partial charge in [-0.2, -0.15) is 0 Å². The topological polar surface area (TPSA) is 38.8 Å². The number of rotatable bonds is 8. The Kier molecular flexibility index (Phi) is 7.15. The summed E-state index contributed by atoms with van der Waals surface area (Å²) in [5.41, 5.74) is 1.18. The van der Waals surface area contributed by atoms with Crippen LogP contribution in [0.2, 0.25) is 0 Å². The van der Waals surface area contributed by atoms with Gasteiger partial charge in [-0.1, -0.05) is 30.3 Å². The molecule has 0 atom stereocenters. The molecule has 0 fully saturated rings. The molecule has 4 nitrogen and oxygen atoms in total. The quantitative estimate of drug-likeness (QED) is 0.675. The molecular formula is C15H23NO3. The molecule has 0 saturated heterocycles. The Morgan fingerprint density at radius 2 is 1.95 bits per heavy atom. The minimum Gasteiger partial charge on any atom is -0.462 e. The average Bonchev–Trinajstić information content (AvgIpc) is 2.36. The highest BCUT2D eigenvalue weighted by molar-refractivity contribution is 5.71. The number of hydrogen-bond acceptors (Lipinski definition) is 4. The van der Waals surface area contributed by atoms with Crippen LogP contribution in [0.1, 0.15) is 19.4 Å². The number of hydrogen-bond donors (Lipinski definition) is 0. The van der Waals surface area contributed by atoms with Gasteiger partial charge in [0.15, 0.2) is 0 Å². The molecule has 1 rings (SSSR count).